The van der Waals surface area contributed by atoms with E-state index in [1.54, 1.807) is 4.90 Å². The molecule has 1 aliphatic heterocycles. The molecule has 7 nitrogen and oxygen atoms in total. The fourth-order valence-corrected chi connectivity index (χ4v) is 2.66. The Bertz CT molecular complexity index is 561. The molecule has 2 N–H and O–H groups in total. The Morgan fingerprint density at radius 3 is 2.76 bits per heavy atom. The lowest BCUT2D eigenvalue weighted by Crippen LogP contribution is -2.53. The van der Waals surface area contributed by atoms with Crippen molar-refractivity contribution in [2.75, 3.05) is 31.9 Å². The molecule has 1 aromatic rings. The number of piperazine rings is 1. The van der Waals surface area contributed by atoms with Crippen molar-refractivity contribution in [1.82, 2.24) is 9.80 Å². The number of rotatable bonds is 3. The quantitative estimate of drug-likeness (QED) is 0.515. The Morgan fingerprint density at radius 2 is 2.19 bits per heavy atom. The van der Waals surface area contributed by atoms with Crippen molar-refractivity contribution in [3.05, 3.63) is 33.9 Å². The number of benzene rings is 1. The highest BCUT2D eigenvalue weighted by atomic mass is 16.6. The van der Waals surface area contributed by atoms with Crippen LogP contribution in [0.25, 0.3) is 0 Å². The molecule has 1 heterocycles. The van der Waals surface area contributed by atoms with Gasteiger partial charge in [-0.3, -0.25) is 19.8 Å². The van der Waals surface area contributed by atoms with Crippen molar-refractivity contribution < 1.29 is 9.72 Å². The van der Waals surface area contributed by atoms with Gasteiger partial charge in [-0.05, 0) is 19.5 Å². The number of likely N-dealkylation sites (N-methyl/N-ethyl adjacent to an activating group) is 1. The number of non-ortho nitro benzene ring substituents is 1. The van der Waals surface area contributed by atoms with Gasteiger partial charge in [0, 0.05) is 43.5 Å². The third-order valence-electron chi connectivity index (χ3n) is 3.94. The number of nitrogens with zero attached hydrogens (tertiary/aromatic N) is 3. The van der Waals surface area contributed by atoms with E-state index in [4.69, 9.17) is 5.73 Å². The van der Waals surface area contributed by atoms with Crippen LogP contribution in [0.1, 0.15) is 24.2 Å². The minimum absolute atomic E-state index is 0.118. The molecule has 1 saturated heterocycles. The summed E-state index contributed by atoms with van der Waals surface area (Å²) >= 11 is 0. The number of nitro groups is 1. The van der Waals surface area contributed by atoms with Crippen molar-refractivity contribution in [3.8, 4) is 0 Å². The van der Waals surface area contributed by atoms with Gasteiger partial charge >= 0.3 is 0 Å². The Kier molecular flexibility index (Phi) is 4.42. The third-order valence-corrected chi connectivity index (χ3v) is 3.94. The molecule has 1 fully saturated rings. The van der Waals surface area contributed by atoms with Crippen LogP contribution in [0.2, 0.25) is 0 Å². The maximum Gasteiger partial charge on any atom is 0.270 e. The zero-order valence-corrected chi connectivity index (χ0v) is 12.3. The number of carbonyl (C=O) groups excluding carboxylic acids is 1. The van der Waals surface area contributed by atoms with Gasteiger partial charge in [-0.15, -0.1) is 0 Å². The van der Waals surface area contributed by atoms with Crippen LogP contribution >= 0.6 is 0 Å². The van der Waals surface area contributed by atoms with Crippen molar-refractivity contribution in [3.63, 3.8) is 0 Å². The van der Waals surface area contributed by atoms with Gasteiger partial charge in [0.05, 0.1) is 10.5 Å². The lowest BCUT2D eigenvalue weighted by Gasteiger charge is -2.39. The first-order valence-electron chi connectivity index (χ1n) is 7.01. The van der Waals surface area contributed by atoms with E-state index in [2.05, 4.69) is 18.7 Å². The molecule has 1 amide bonds. The van der Waals surface area contributed by atoms with Crippen molar-refractivity contribution >= 4 is 17.3 Å². The largest absolute Gasteiger partial charge is 0.398 e. The lowest BCUT2D eigenvalue weighted by atomic mass is 10.1. The highest BCUT2D eigenvalue weighted by Crippen LogP contribution is 2.22. The molecule has 1 aliphatic rings. The van der Waals surface area contributed by atoms with Gasteiger partial charge in [-0.25, -0.2) is 0 Å². The van der Waals surface area contributed by atoms with Crippen LogP contribution in [0.5, 0.6) is 0 Å². The van der Waals surface area contributed by atoms with E-state index in [0.29, 0.717) is 13.1 Å². The molecular formula is C14H20N4O3. The van der Waals surface area contributed by atoms with E-state index in [1.165, 1.54) is 18.2 Å². The summed E-state index contributed by atoms with van der Waals surface area (Å²) in [7, 11) is 0. The molecule has 2 rings (SSSR count). The first-order valence-corrected chi connectivity index (χ1v) is 7.01. The number of hydrogen-bond acceptors (Lipinski definition) is 5. The van der Waals surface area contributed by atoms with Gasteiger partial charge in [-0.1, -0.05) is 6.92 Å². The number of nitrogen functional groups attached to an aromatic ring is 1. The maximum absolute atomic E-state index is 12.5. The molecule has 7 heteroatoms. The van der Waals surface area contributed by atoms with E-state index in [1.807, 2.05) is 0 Å². The zero-order chi connectivity index (χ0) is 15.6. The van der Waals surface area contributed by atoms with Crippen LogP contribution in [0.4, 0.5) is 11.4 Å². The predicted molar refractivity (Wildman–Crippen MR) is 80.1 cm³/mol. The molecule has 114 valence electrons. The summed E-state index contributed by atoms with van der Waals surface area (Å²) < 4.78 is 0. The summed E-state index contributed by atoms with van der Waals surface area (Å²) in [5.74, 6) is -0.237. The fraction of sp³-hybridized carbons (Fsp3) is 0.500. The first-order chi connectivity index (χ1) is 9.93. The Balaban J connectivity index is 2.21. The second kappa shape index (κ2) is 6.09. The Labute approximate surface area is 123 Å². The number of amides is 1. The number of hydrogen-bond donors (Lipinski definition) is 1. The van der Waals surface area contributed by atoms with E-state index in [9.17, 15) is 14.9 Å². The summed E-state index contributed by atoms with van der Waals surface area (Å²) in [6, 6.07) is 4.25. The van der Waals surface area contributed by atoms with Crippen molar-refractivity contribution in [2.45, 2.75) is 19.9 Å². The van der Waals surface area contributed by atoms with Gasteiger partial charge in [0.25, 0.3) is 11.6 Å². The first kappa shape index (κ1) is 15.2. The molecule has 1 aromatic carbocycles. The van der Waals surface area contributed by atoms with Crippen LogP contribution in [-0.4, -0.2) is 52.9 Å². The lowest BCUT2D eigenvalue weighted by molar-refractivity contribution is -0.384. The maximum atomic E-state index is 12.5. The summed E-state index contributed by atoms with van der Waals surface area (Å²) in [5, 5.41) is 10.8. The van der Waals surface area contributed by atoms with Gasteiger partial charge < -0.3 is 10.6 Å². The Morgan fingerprint density at radius 1 is 1.48 bits per heavy atom. The highest BCUT2D eigenvalue weighted by Gasteiger charge is 2.28. The van der Waals surface area contributed by atoms with Gasteiger partial charge in [-0.2, -0.15) is 0 Å². The SMILES string of the molecule is CCN1CCN(C(=O)c2cc([N+](=O)[O-])ccc2N)CC1C. The molecule has 0 aromatic heterocycles. The summed E-state index contributed by atoms with van der Waals surface area (Å²) in [6.45, 7) is 7.13. The summed E-state index contributed by atoms with van der Waals surface area (Å²) in [4.78, 5) is 26.9. The highest BCUT2D eigenvalue weighted by molar-refractivity contribution is 5.99. The zero-order valence-electron chi connectivity index (χ0n) is 12.3. The number of carbonyl (C=O) groups is 1. The number of nitro benzene ring substituents is 1. The van der Waals surface area contributed by atoms with Crippen LogP contribution < -0.4 is 5.73 Å². The number of nitrogens with two attached hydrogens (primary N) is 1. The molecule has 1 unspecified atom stereocenters. The van der Waals surface area contributed by atoms with E-state index in [-0.39, 0.29) is 28.9 Å². The van der Waals surface area contributed by atoms with Gasteiger partial charge in [0.1, 0.15) is 0 Å². The molecule has 0 bridgehead atoms. The fourth-order valence-electron chi connectivity index (χ4n) is 2.66. The summed E-state index contributed by atoms with van der Waals surface area (Å²) in [5.41, 5.74) is 6.17. The standard InChI is InChI=1S/C14H20N4O3/c1-3-16-6-7-17(9-10(16)2)14(19)12-8-11(18(20)21)4-5-13(12)15/h4-5,8,10H,3,6-7,9,15H2,1-2H3. The topological polar surface area (TPSA) is 92.7 Å². The van der Waals surface area contributed by atoms with Crippen LogP contribution in [-0.2, 0) is 0 Å². The van der Waals surface area contributed by atoms with Gasteiger partial charge in [0.15, 0.2) is 0 Å². The van der Waals surface area contributed by atoms with E-state index >= 15 is 0 Å². The van der Waals surface area contributed by atoms with Crippen LogP contribution in [0, 0.1) is 10.1 Å². The van der Waals surface area contributed by atoms with Gasteiger partial charge in [0.2, 0.25) is 0 Å². The second-order valence-electron chi connectivity index (χ2n) is 5.26. The average Bonchev–Trinajstić information content (AvgIpc) is 2.46. The minimum atomic E-state index is -0.520. The Hall–Kier alpha value is -2.15. The molecule has 1 atom stereocenters. The third kappa shape index (κ3) is 3.13. The summed E-state index contributed by atoms with van der Waals surface area (Å²) in [6.07, 6.45) is 0. The average molecular weight is 292 g/mol. The molecule has 21 heavy (non-hydrogen) atoms. The normalized spacial score (nSPS) is 19.5. The van der Waals surface area contributed by atoms with Crippen molar-refractivity contribution in [2.24, 2.45) is 0 Å². The van der Waals surface area contributed by atoms with Crippen LogP contribution in [0.15, 0.2) is 18.2 Å². The minimum Gasteiger partial charge on any atom is -0.398 e. The molecular weight excluding hydrogens is 272 g/mol. The van der Waals surface area contributed by atoms with E-state index < -0.39 is 4.92 Å². The van der Waals surface area contributed by atoms with E-state index in [0.717, 1.165) is 13.1 Å². The molecule has 0 spiro atoms. The molecule has 0 radical (unpaired) electrons. The monoisotopic (exact) mass is 292 g/mol. The second-order valence-corrected chi connectivity index (χ2v) is 5.26. The van der Waals surface area contributed by atoms with Crippen LogP contribution in [0.3, 0.4) is 0 Å². The number of anilines is 1. The molecule has 0 saturated carbocycles. The molecule has 0 aliphatic carbocycles. The smallest absolute Gasteiger partial charge is 0.270 e. The van der Waals surface area contributed by atoms with Crippen molar-refractivity contribution in [1.29, 1.82) is 0 Å². The predicted octanol–water partition coefficient (Wildman–Crippen LogP) is 1.34.